The molecule has 0 radical (unpaired) electrons. The van der Waals surface area contributed by atoms with Gasteiger partial charge >= 0.3 is 0 Å². The molecule has 2 aromatic rings. The second kappa shape index (κ2) is 7.56. The first-order chi connectivity index (χ1) is 12.4. The molecule has 1 aliphatic heterocycles. The Morgan fingerprint density at radius 3 is 2.58 bits per heavy atom. The van der Waals surface area contributed by atoms with E-state index in [2.05, 4.69) is 10.3 Å². The molecule has 0 spiro atoms. The monoisotopic (exact) mass is 352 g/mol. The lowest BCUT2D eigenvalue weighted by atomic mass is 10.0. The largest absolute Gasteiger partial charge is 0.378 e. The fraction of sp³-hybridized carbons (Fsp3) is 0.350. The zero-order valence-corrected chi connectivity index (χ0v) is 15.4. The number of rotatable bonds is 4. The highest BCUT2D eigenvalue weighted by atomic mass is 16.2. The Balaban J connectivity index is 1.72. The molecular formula is C20H24N4O2. The highest BCUT2D eigenvalue weighted by Crippen LogP contribution is 2.22. The van der Waals surface area contributed by atoms with E-state index in [9.17, 15) is 9.59 Å². The molecule has 0 bridgehead atoms. The maximum absolute atomic E-state index is 12.5. The van der Waals surface area contributed by atoms with Gasteiger partial charge in [0.1, 0.15) is 0 Å². The van der Waals surface area contributed by atoms with Gasteiger partial charge in [0, 0.05) is 63.8 Å². The zero-order chi connectivity index (χ0) is 18.7. The lowest BCUT2D eigenvalue weighted by molar-refractivity contribution is -0.132. The number of hydrogen-bond donors (Lipinski definition) is 1. The molecule has 0 saturated carbocycles. The summed E-state index contributed by atoms with van der Waals surface area (Å²) in [5.41, 5.74) is 3.52. The molecule has 1 saturated heterocycles. The normalized spacial score (nSPS) is 17.1. The number of likely N-dealkylation sites (tertiary alicyclic amines) is 1. The van der Waals surface area contributed by atoms with E-state index in [1.54, 1.807) is 24.3 Å². The first-order valence-corrected chi connectivity index (χ1v) is 8.71. The Morgan fingerprint density at radius 1 is 1.19 bits per heavy atom. The van der Waals surface area contributed by atoms with Crippen molar-refractivity contribution in [3.63, 3.8) is 0 Å². The van der Waals surface area contributed by atoms with E-state index in [1.807, 2.05) is 49.3 Å². The summed E-state index contributed by atoms with van der Waals surface area (Å²) in [5, 5.41) is 2.96. The van der Waals surface area contributed by atoms with Gasteiger partial charge < -0.3 is 15.1 Å². The minimum Gasteiger partial charge on any atom is -0.378 e. The van der Waals surface area contributed by atoms with Crippen molar-refractivity contribution in [1.29, 1.82) is 0 Å². The van der Waals surface area contributed by atoms with Crippen LogP contribution in [0.3, 0.4) is 0 Å². The van der Waals surface area contributed by atoms with Crippen molar-refractivity contribution in [2.24, 2.45) is 0 Å². The third kappa shape index (κ3) is 4.02. The van der Waals surface area contributed by atoms with Gasteiger partial charge in [0.05, 0.1) is 5.56 Å². The first-order valence-electron chi connectivity index (χ1n) is 8.71. The molecule has 1 aromatic heterocycles. The number of aromatic nitrogens is 1. The molecule has 1 aromatic carbocycles. The molecule has 136 valence electrons. The summed E-state index contributed by atoms with van der Waals surface area (Å²) in [6.07, 6.45) is 4.43. The van der Waals surface area contributed by atoms with Crippen molar-refractivity contribution < 1.29 is 9.59 Å². The fourth-order valence-electron chi connectivity index (χ4n) is 3.01. The van der Waals surface area contributed by atoms with E-state index in [4.69, 9.17) is 0 Å². The summed E-state index contributed by atoms with van der Waals surface area (Å²) in [4.78, 5) is 32.3. The van der Waals surface area contributed by atoms with Crippen LogP contribution in [0.1, 0.15) is 23.2 Å². The number of anilines is 1. The SMILES string of the molecule is CN1CCC(NC(=O)c2cncc(-c3ccc(N(C)C)cc3)c2)CC1=O. The van der Waals surface area contributed by atoms with Crippen LogP contribution in [-0.2, 0) is 4.79 Å². The molecule has 2 heterocycles. The maximum Gasteiger partial charge on any atom is 0.253 e. The van der Waals surface area contributed by atoms with E-state index >= 15 is 0 Å². The van der Waals surface area contributed by atoms with Gasteiger partial charge in [-0.05, 0) is 30.2 Å². The third-order valence-electron chi connectivity index (χ3n) is 4.71. The van der Waals surface area contributed by atoms with Gasteiger partial charge in [-0.1, -0.05) is 12.1 Å². The summed E-state index contributed by atoms with van der Waals surface area (Å²) in [5.74, 6) is -0.124. The average Bonchev–Trinajstić information content (AvgIpc) is 2.65. The minimum atomic E-state index is -0.188. The minimum absolute atomic E-state index is 0.0643. The predicted octanol–water partition coefficient (Wildman–Crippen LogP) is 2.17. The van der Waals surface area contributed by atoms with Crippen LogP contribution in [0.25, 0.3) is 11.1 Å². The summed E-state index contributed by atoms with van der Waals surface area (Å²) in [6.45, 7) is 0.667. The van der Waals surface area contributed by atoms with E-state index in [0.717, 1.165) is 23.2 Å². The van der Waals surface area contributed by atoms with E-state index in [1.165, 1.54) is 0 Å². The van der Waals surface area contributed by atoms with Gasteiger partial charge in [0.15, 0.2) is 0 Å². The van der Waals surface area contributed by atoms with E-state index < -0.39 is 0 Å². The zero-order valence-electron chi connectivity index (χ0n) is 15.4. The first kappa shape index (κ1) is 17.9. The predicted molar refractivity (Wildman–Crippen MR) is 102 cm³/mol. The lowest BCUT2D eigenvalue weighted by Gasteiger charge is -2.29. The Bertz CT molecular complexity index is 802. The average molecular weight is 352 g/mol. The van der Waals surface area contributed by atoms with Crippen molar-refractivity contribution in [2.75, 3.05) is 32.6 Å². The van der Waals surface area contributed by atoms with Crippen LogP contribution in [0.15, 0.2) is 42.7 Å². The van der Waals surface area contributed by atoms with Gasteiger partial charge in [-0.15, -0.1) is 0 Å². The number of nitrogens with one attached hydrogen (secondary N) is 1. The van der Waals surface area contributed by atoms with Crippen LogP contribution in [-0.4, -0.2) is 55.4 Å². The lowest BCUT2D eigenvalue weighted by Crippen LogP contribution is -2.46. The second-order valence-electron chi connectivity index (χ2n) is 6.88. The second-order valence-corrected chi connectivity index (χ2v) is 6.88. The molecular weight excluding hydrogens is 328 g/mol. The molecule has 3 rings (SSSR count). The number of pyridine rings is 1. The van der Waals surface area contributed by atoms with Crippen LogP contribution < -0.4 is 10.2 Å². The molecule has 0 aliphatic carbocycles. The molecule has 1 aliphatic rings. The fourth-order valence-corrected chi connectivity index (χ4v) is 3.01. The number of amides is 2. The maximum atomic E-state index is 12.5. The Hall–Kier alpha value is -2.89. The third-order valence-corrected chi connectivity index (χ3v) is 4.71. The number of nitrogens with zero attached hydrogens (tertiary/aromatic N) is 3. The molecule has 1 N–H and O–H groups in total. The van der Waals surface area contributed by atoms with Gasteiger partial charge in [0.2, 0.25) is 5.91 Å². The Kier molecular flexibility index (Phi) is 5.21. The molecule has 1 atom stereocenters. The van der Waals surface area contributed by atoms with Crippen LogP contribution >= 0.6 is 0 Å². The van der Waals surface area contributed by atoms with E-state index in [-0.39, 0.29) is 17.9 Å². The summed E-state index contributed by atoms with van der Waals surface area (Å²) in [6, 6.07) is 9.82. The van der Waals surface area contributed by atoms with Crippen molar-refractivity contribution >= 4 is 17.5 Å². The van der Waals surface area contributed by atoms with Crippen LogP contribution in [0.5, 0.6) is 0 Å². The Labute approximate surface area is 153 Å². The van der Waals surface area contributed by atoms with Crippen molar-refractivity contribution in [3.8, 4) is 11.1 Å². The van der Waals surface area contributed by atoms with Gasteiger partial charge in [-0.25, -0.2) is 0 Å². The topological polar surface area (TPSA) is 65.5 Å². The van der Waals surface area contributed by atoms with Crippen LogP contribution in [0.4, 0.5) is 5.69 Å². The number of benzene rings is 1. The number of carbonyl (C=O) groups is 2. The van der Waals surface area contributed by atoms with Crippen LogP contribution in [0.2, 0.25) is 0 Å². The number of carbonyl (C=O) groups excluding carboxylic acids is 2. The summed E-state index contributed by atoms with van der Waals surface area (Å²) >= 11 is 0. The highest BCUT2D eigenvalue weighted by Gasteiger charge is 2.24. The Morgan fingerprint density at radius 2 is 1.92 bits per heavy atom. The van der Waals surface area contributed by atoms with Crippen molar-refractivity contribution in [1.82, 2.24) is 15.2 Å². The van der Waals surface area contributed by atoms with Gasteiger partial charge in [0.25, 0.3) is 5.91 Å². The molecule has 26 heavy (non-hydrogen) atoms. The number of piperidine rings is 1. The van der Waals surface area contributed by atoms with Crippen molar-refractivity contribution in [2.45, 2.75) is 18.9 Å². The van der Waals surface area contributed by atoms with Crippen molar-refractivity contribution in [3.05, 3.63) is 48.3 Å². The van der Waals surface area contributed by atoms with Gasteiger partial charge in [-0.2, -0.15) is 0 Å². The number of hydrogen-bond acceptors (Lipinski definition) is 4. The summed E-state index contributed by atoms with van der Waals surface area (Å²) < 4.78 is 0. The molecule has 6 nitrogen and oxygen atoms in total. The summed E-state index contributed by atoms with van der Waals surface area (Å²) in [7, 11) is 5.78. The van der Waals surface area contributed by atoms with Gasteiger partial charge in [-0.3, -0.25) is 14.6 Å². The molecule has 2 amide bonds. The smallest absolute Gasteiger partial charge is 0.253 e. The molecule has 1 unspecified atom stereocenters. The highest BCUT2D eigenvalue weighted by molar-refractivity contribution is 5.95. The molecule has 6 heteroatoms. The quantitative estimate of drug-likeness (QED) is 0.916. The van der Waals surface area contributed by atoms with E-state index in [0.29, 0.717) is 18.5 Å². The molecule has 1 fully saturated rings. The standard InChI is InChI=1S/C20H24N4O2/c1-23(2)18-6-4-14(5-7-18)15-10-16(13-21-12-15)20(26)22-17-8-9-24(3)19(25)11-17/h4-7,10,12-13,17H,8-9,11H2,1-3H3,(H,22,26). The van der Waals surface area contributed by atoms with Crippen LogP contribution in [0, 0.1) is 0 Å².